The highest BCUT2D eigenvalue weighted by molar-refractivity contribution is 5.73. The molecule has 0 aliphatic rings. The molecule has 1 rings (SSSR count). The second kappa shape index (κ2) is 6.68. The van der Waals surface area contributed by atoms with Gasteiger partial charge in [-0.15, -0.1) is 0 Å². The number of carboxylic acid groups (broad SMARTS) is 1. The van der Waals surface area contributed by atoms with E-state index in [9.17, 15) is 4.79 Å². The summed E-state index contributed by atoms with van der Waals surface area (Å²) in [4.78, 5) is 15.5. The van der Waals surface area contributed by atoms with E-state index < -0.39 is 11.4 Å². The highest BCUT2D eigenvalue weighted by atomic mass is 16.4. The van der Waals surface area contributed by atoms with Gasteiger partial charge < -0.3 is 5.11 Å². The van der Waals surface area contributed by atoms with Crippen molar-refractivity contribution in [1.29, 1.82) is 0 Å². The average Bonchev–Trinajstić information content (AvgIpc) is 2.77. The van der Waals surface area contributed by atoms with Crippen LogP contribution in [0.1, 0.15) is 58.6 Å². The molecule has 0 aliphatic heterocycles. The molecule has 5 nitrogen and oxygen atoms in total. The topological polar surface area (TPSA) is 68.0 Å². The molecule has 0 atom stereocenters. The molecule has 0 saturated carbocycles. The van der Waals surface area contributed by atoms with E-state index in [1.807, 2.05) is 4.68 Å². The maximum absolute atomic E-state index is 11.0. The number of nitrogens with zero attached hydrogens (tertiary/aromatic N) is 3. The lowest BCUT2D eigenvalue weighted by Crippen LogP contribution is -2.23. The highest BCUT2D eigenvalue weighted by Gasteiger charge is 2.26. The fourth-order valence-electron chi connectivity index (χ4n) is 1.95. The number of aryl methyl sites for hydroxylation is 3. The van der Waals surface area contributed by atoms with Gasteiger partial charge in [0.05, 0.1) is 5.41 Å². The van der Waals surface area contributed by atoms with E-state index in [0.29, 0.717) is 6.42 Å². The van der Waals surface area contributed by atoms with Gasteiger partial charge in [-0.05, 0) is 26.7 Å². The van der Waals surface area contributed by atoms with Crippen LogP contribution in [0.2, 0.25) is 0 Å². The van der Waals surface area contributed by atoms with Gasteiger partial charge in [0, 0.05) is 19.4 Å². The minimum absolute atomic E-state index is 0.634. The van der Waals surface area contributed by atoms with E-state index in [-0.39, 0.29) is 0 Å². The van der Waals surface area contributed by atoms with Crippen LogP contribution in [0, 0.1) is 5.41 Å². The highest BCUT2D eigenvalue weighted by Crippen LogP contribution is 2.23. The molecule has 1 heterocycles. The van der Waals surface area contributed by atoms with Crippen LogP contribution in [0.5, 0.6) is 0 Å². The van der Waals surface area contributed by atoms with Crippen molar-refractivity contribution >= 4 is 5.97 Å². The predicted molar refractivity (Wildman–Crippen MR) is 74.0 cm³/mol. The Morgan fingerprint density at radius 1 is 1.26 bits per heavy atom. The van der Waals surface area contributed by atoms with Crippen LogP contribution >= 0.6 is 0 Å². The first-order chi connectivity index (χ1) is 8.90. The summed E-state index contributed by atoms with van der Waals surface area (Å²) in [6.07, 6.45) is 4.26. The van der Waals surface area contributed by atoms with Gasteiger partial charge in [0.15, 0.2) is 5.82 Å². The van der Waals surface area contributed by atoms with Crippen molar-refractivity contribution < 1.29 is 9.90 Å². The van der Waals surface area contributed by atoms with Crippen LogP contribution in [-0.2, 0) is 24.2 Å². The number of rotatable bonds is 8. The Bertz CT molecular complexity index is 424. The number of aliphatic carboxylic acids is 1. The summed E-state index contributed by atoms with van der Waals surface area (Å²) in [7, 11) is 0. The van der Waals surface area contributed by atoms with Crippen molar-refractivity contribution in [3.05, 3.63) is 11.6 Å². The van der Waals surface area contributed by atoms with Crippen LogP contribution < -0.4 is 0 Å². The fourth-order valence-corrected chi connectivity index (χ4v) is 1.95. The summed E-state index contributed by atoms with van der Waals surface area (Å²) in [5.41, 5.74) is -0.634. The largest absolute Gasteiger partial charge is 0.481 e. The van der Waals surface area contributed by atoms with E-state index >= 15 is 0 Å². The number of aromatic nitrogens is 3. The summed E-state index contributed by atoms with van der Waals surface area (Å²) in [5.74, 6) is 1.19. The SMILES string of the molecule is CCc1nc(CC)n(CCCCC(C)(C)C(=O)O)n1. The van der Waals surface area contributed by atoms with Crippen LogP contribution in [-0.4, -0.2) is 25.8 Å². The second-order valence-electron chi connectivity index (χ2n) is 5.52. The van der Waals surface area contributed by atoms with Crippen molar-refractivity contribution in [2.75, 3.05) is 0 Å². The summed E-state index contributed by atoms with van der Waals surface area (Å²) >= 11 is 0. The predicted octanol–water partition coefficient (Wildman–Crippen LogP) is 2.68. The van der Waals surface area contributed by atoms with Crippen molar-refractivity contribution in [1.82, 2.24) is 14.8 Å². The molecular formula is C14H25N3O2. The zero-order chi connectivity index (χ0) is 14.5. The third-order valence-corrected chi connectivity index (χ3v) is 3.43. The first kappa shape index (κ1) is 15.7. The first-order valence-corrected chi connectivity index (χ1v) is 7.06. The quantitative estimate of drug-likeness (QED) is 0.735. The lowest BCUT2D eigenvalue weighted by atomic mass is 9.87. The molecule has 1 N–H and O–H groups in total. The molecular weight excluding hydrogens is 242 g/mol. The molecule has 0 amide bonds. The summed E-state index contributed by atoms with van der Waals surface area (Å²) < 4.78 is 1.96. The minimum Gasteiger partial charge on any atom is -0.481 e. The maximum Gasteiger partial charge on any atom is 0.309 e. The second-order valence-corrected chi connectivity index (χ2v) is 5.52. The molecule has 19 heavy (non-hydrogen) atoms. The number of hydrogen-bond acceptors (Lipinski definition) is 3. The Labute approximate surface area is 115 Å². The lowest BCUT2D eigenvalue weighted by Gasteiger charge is -2.18. The van der Waals surface area contributed by atoms with Crippen molar-refractivity contribution in [3.8, 4) is 0 Å². The summed E-state index contributed by atoms with van der Waals surface area (Å²) in [6, 6.07) is 0. The first-order valence-electron chi connectivity index (χ1n) is 7.06. The van der Waals surface area contributed by atoms with Gasteiger partial charge in [-0.25, -0.2) is 9.67 Å². The minimum atomic E-state index is -0.726. The Hall–Kier alpha value is -1.39. The van der Waals surface area contributed by atoms with Gasteiger partial charge in [-0.3, -0.25) is 4.79 Å². The third-order valence-electron chi connectivity index (χ3n) is 3.43. The molecule has 0 radical (unpaired) electrons. The monoisotopic (exact) mass is 267 g/mol. The average molecular weight is 267 g/mol. The van der Waals surface area contributed by atoms with Crippen molar-refractivity contribution in [3.63, 3.8) is 0 Å². The zero-order valence-corrected chi connectivity index (χ0v) is 12.4. The zero-order valence-electron chi connectivity index (χ0n) is 12.4. The van der Waals surface area contributed by atoms with Crippen LogP contribution in [0.3, 0.4) is 0 Å². The van der Waals surface area contributed by atoms with Crippen LogP contribution in [0.25, 0.3) is 0 Å². The van der Waals surface area contributed by atoms with E-state index in [1.54, 1.807) is 13.8 Å². The Balaban J connectivity index is 2.45. The molecule has 0 bridgehead atoms. The van der Waals surface area contributed by atoms with Gasteiger partial charge in [-0.1, -0.05) is 20.3 Å². The number of unbranched alkanes of at least 4 members (excludes halogenated alkanes) is 1. The Kier molecular flexibility index (Phi) is 5.51. The molecule has 0 unspecified atom stereocenters. The molecule has 1 aromatic heterocycles. The van der Waals surface area contributed by atoms with Crippen molar-refractivity contribution in [2.24, 2.45) is 5.41 Å². The Morgan fingerprint density at radius 3 is 2.47 bits per heavy atom. The van der Waals surface area contributed by atoms with Crippen molar-refractivity contribution in [2.45, 2.75) is 66.3 Å². The summed E-state index contributed by atoms with van der Waals surface area (Å²) in [5, 5.41) is 13.5. The molecule has 5 heteroatoms. The smallest absolute Gasteiger partial charge is 0.309 e. The Morgan fingerprint density at radius 2 is 1.95 bits per heavy atom. The standard InChI is InChI=1S/C14H25N3O2/c1-5-11-15-12(6-2)17(16-11)10-8-7-9-14(3,4)13(18)19/h5-10H2,1-4H3,(H,18,19). The molecule has 0 saturated heterocycles. The normalized spacial score (nSPS) is 11.8. The van der Waals surface area contributed by atoms with E-state index in [1.165, 1.54) is 0 Å². The molecule has 0 aromatic carbocycles. The molecule has 1 aromatic rings. The van der Waals surface area contributed by atoms with Gasteiger partial charge in [0.2, 0.25) is 0 Å². The number of carboxylic acids is 1. The molecule has 0 fully saturated rings. The van der Waals surface area contributed by atoms with E-state index in [2.05, 4.69) is 23.9 Å². The number of carbonyl (C=O) groups is 1. The van der Waals surface area contributed by atoms with E-state index in [4.69, 9.17) is 5.11 Å². The number of hydrogen-bond donors (Lipinski definition) is 1. The van der Waals surface area contributed by atoms with Crippen LogP contribution in [0.15, 0.2) is 0 Å². The molecule has 0 spiro atoms. The molecule has 0 aliphatic carbocycles. The lowest BCUT2D eigenvalue weighted by molar-refractivity contribution is -0.147. The van der Waals surface area contributed by atoms with Gasteiger partial charge >= 0.3 is 5.97 Å². The van der Waals surface area contributed by atoms with E-state index in [0.717, 1.165) is 43.9 Å². The van der Waals surface area contributed by atoms with Gasteiger partial charge in [0.25, 0.3) is 0 Å². The molecule has 108 valence electrons. The van der Waals surface area contributed by atoms with Gasteiger partial charge in [-0.2, -0.15) is 5.10 Å². The third kappa shape index (κ3) is 4.33. The fraction of sp³-hybridized carbons (Fsp3) is 0.786. The van der Waals surface area contributed by atoms with Gasteiger partial charge in [0.1, 0.15) is 5.82 Å². The maximum atomic E-state index is 11.0. The van der Waals surface area contributed by atoms with Crippen LogP contribution in [0.4, 0.5) is 0 Å². The summed E-state index contributed by atoms with van der Waals surface area (Å²) in [6.45, 7) is 8.50.